The number of nitrogen functional groups attached to an aromatic ring is 1. The number of halogens is 1. The van der Waals surface area contributed by atoms with Gasteiger partial charge < -0.3 is 10.6 Å². The highest BCUT2D eigenvalue weighted by molar-refractivity contribution is 5.95. The van der Waals surface area contributed by atoms with Crippen molar-refractivity contribution in [3.8, 4) is 0 Å². The van der Waals surface area contributed by atoms with Crippen molar-refractivity contribution in [1.29, 1.82) is 0 Å². The van der Waals surface area contributed by atoms with Gasteiger partial charge in [-0.1, -0.05) is 6.92 Å². The Morgan fingerprint density at radius 3 is 3.00 bits per heavy atom. The van der Waals surface area contributed by atoms with Crippen molar-refractivity contribution in [3.63, 3.8) is 0 Å². The van der Waals surface area contributed by atoms with E-state index in [4.69, 9.17) is 5.73 Å². The first-order chi connectivity index (χ1) is 8.13. The van der Waals surface area contributed by atoms with Gasteiger partial charge in [0, 0.05) is 18.2 Å². The molecule has 1 aliphatic heterocycles. The Morgan fingerprint density at radius 2 is 2.35 bits per heavy atom. The summed E-state index contributed by atoms with van der Waals surface area (Å²) in [6.07, 6.45) is 3.06. The first kappa shape index (κ1) is 11.9. The van der Waals surface area contributed by atoms with Gasteiger partial charge in [0.25, 0.3) is 5.91 Å². The minimum atomic E-state index is -0.477. The van der Waals surface area contributed by atoms with Crippen LogP contribution >= 0.6 is 0 Å². The Kier molecular flexibility index (Phi) is 3.31. The second kappa shape index (κ2) is 4.73. The van der Waals surface area contributed by atoms with Crippen LogP contribution in [0, 0.1) is 5.82 Å². The summed E-state index contributed by atoms with van der Waals surface area (Å²) in [7, 11) is 0. The molecule has 2 N–H and O–H groups in total. The summed E-state index contributed by atoms with van der Waals surface area (Å²) in [5.74, 6) is -0.518. The zero-order valence-corrected chi connectivity index (χ0v) is 9.95. The largest absolute Gasteiger partial charge is 0.396 e. The second-order valence-electron chi connectivity index (χ2n) is 4.44. The molecule has 0 radical (unpaired) electrons. The first-order valence-corrected chi connectivity index (χ1v) is 5.99. The van der Waals surface area contributed by atoms with Crippen LogP contribution in [0.2, 0.25) is 0 Å². The van der Waals surface area contributed by atoms with Crippen molar-refractivity contribution in [3.05, 3.63) is 29.6 Å². The molecule has 1 unspecified atom stereocenters. The third-order valence-corrected chi connectivity index (χ3v) is 3.35. The number of rotatable bonds is 2. The van der Waals surface area contributed by atoms with Gasteiger partial charge in [-0.15, -0.1) is 0 Å². The monoisotopic (exact) mass is 236 g/mol. The molecule has 0 bridgehead atoms. The van der Waals surface area contributed by atoms with E-state index in [-0.39, 0.29) is 11.6 Å². The molecule has 0 saturated carbocycles. The van der Waals surface area contributed by atoms with Gasteiger partial charge in [-0.3, -0.25) is 4.79 Å². The number of nitrogens with zero attached hydrogens (tertiary/aromatic N) is 1. The summed E-state index contributed by atoms with van der Waals surface area (Å²) in [6, 6.07) is 4.48. The van der Waals surface area contributed by atoms with Gasteiger partial charge in [0.15, 0.2) is 0 Å². The fourth-order valence-corrected chi connectivity index (χ4v) is 2.37. The lowest BCUT2D eigenvalue weighted by atomic mass is 10.1. The number of amides is 1. The molecule has 0 aromatic heterocycles. The zero-order valence-electron chi connectivity index (χ0n) is 9.95. The van der Waals surface area contributed by atoms with Crippen LogP contribution in [0.15, 0.2) is 18.2 Å². The maximum absolute atomic E-state index is 13.0. The Bertz CT molecular complexity index is 433. The lowest BCUT2D eigenvalue weighted by molar-refractivity contribution is 0.0733. The number of anilines is 1. The number of nitrogens with two attached hydrogens (primary N) is 1. The average molecular weight is 236 g/mol. The number of hydrogen-bond acceptors (Lipinski definition) is 2. The third kappa shape index (κ3) is 2.25. The summed E-state index contributed by atoms with van der Waals surface area (Å²) in [4.78, 5) is 14.1. The van der Waals surface area contributed by atoms with Crippen LogP contribution < -0.4 is 5.73 Å². The molecule has 17 heavy (non-hydrogen) atoms. The number of hydrogen-bond donors (Lipinski definition) is 1. The molecule has 2 rings (SSSR count). The van der Waals surface area contributed by atoms with Crippen LogP contribution in [0.5, 0.6) is 0 Å². The van der Waals surface area contributed by atoms with Gasteiger partial charge in [-0.05, 0) is 37.5 Å². The minimum Gasteiger partial charge on any atom is -0.396 e. The van der Waals surface area contributed by atoms with Crippen molar-refractivity contribution in [2.75, 3.05) is 12.3 Å². The van der Waals surface area contributed by atoms with Gasteiger partial charge in [0.1, 0.15) is 5.82 Å². The summed E-state index contributed by atoms with van der Waals surface area (Å²) in [5, 5.41) is 0. The van der Waals surface area contributed by atoms with E-state index in [0.29, 0.717) is 11.6 Å². The molecule has 3 nitrogen and oxygen atoms in total. The maximum Gasteiger partial charge on any atom is 0.254 e. The van der Waals surface area contributed by atoms with E-state index in [1.165, 1.54) is 18.2 Å². The SMILES string of the molecule is CCC1CCCN1C(=O)c1ccc(F)c(N)c1. The maximum atomic E-state index is 13.0. The standard InChI is InChI=1S/C13H17FN2O/c1-2-10-4-3-7-16(10)13(17)9-5-6-11(14)12(15)8-9/h5-6,8,10H,2-4,7,15H2,1H3. The highest BCUT2D eigenvalue weighted by Gasteiger charge is 2.28. The smallest absolute Gasteiger partial charge is 0.254 e. The van der Waals surface area contributed by atoms with Crippen LogP contribution in [0.4, 0.5) is 10.1 Å². The minimum absolute atomic E-state index is 0.0306. The van der Waals surface area contributed by atoms with Crippen molar-refractivity contribution in [2.24, 2.45) is 0 Å². The molecular formula is C13H17FN2O. The summed E-state index contributed by atoms with van der Waals surface area (Å²) in [5.41, 5.74) is 5.99. The zero-order chi connectivity index (χ0) is 12.4. The molecule has 1 aromatic carbocycles. The van der Waals surface area contributed by atoms with Crippen LogP contribution in [0.1, 0.15) is 36.5 Å². The average Bonchev–Trinajstić information content (AvgIpc) is 2.80. The van der Waals surface area contributed by atoms with Crippen LogP contribution in [0.25, 0.3) is 0 Å². The summed E-state index contributed by atoms with van der Waals surface area (Å²) >= 11 is 0. The Hall–Kier alpha value is -1.58. The molecule has 1 aliphatic rings. The molecule has 1 fully saturated rings. The van der Waals surface area contributed by atoms with Crippen LogP contribution in [-0.4, -0.2) is 23.4 Å². The topological polar surface area (TPSA) is 46.3 Å². The molecule has 1 amide bonds. The van der Waals surface area contributed by atoms with Gasteiger partial charge in [0.05, 0.1) is 5.69 Å². The van der Waals surface area contributed by atoms with Gasteiger partial charge in [0.2, 0.25) is 0 Å². The fraction of sp³-hybridized carbons (Fsp3) is 0.462. The van der Waals surface area contributed by atoms with Crippen molar-refractivity contribution in [2.45, 2.75) is 32.2 Å². The predicted molar refractivity (Wildman–Crippen MR) is 65.2 cm³/mol. The first-order valence-electron chi connectivity index (χ1n) is 5.99. The van der Waals surface area contributed by atoms with E-state index >= 15 is 0 Å². The molecule has 1 saturated heterocycles. The second-order valence-corrected chi connectivity index (χ2v) is 4.44. The van der Waals surface area contributed by atoms with E-state index < -0.39 is 5.82 Å². The molecule has 0 aliphatic carbocycles. The van der Waals surface area contributed by atoms with Crippen molar-refractivity contribution >= 4 is 11.6 Å². The number of carbonyl (C=O) groups is 1. The third-order valence-electron chi connectivity index (χ3n) is 3.35. The van der Waals surface area contributed by atoms with E-state index in [2.05, 4.69) is 6.92 Å². The van der Waals surface area contributed by atoms with E-state index in [9.17, 15) is 9.18 Å². The quantitative estimate of drug-likeness (QED) is 0.801. The highest BCUT2D eigenvalue weighted by Crippen LogP contribution is 2.23. The van der Waals surface area contributed by atoms with E-state index in [1.807, 2.05) is 4.90 Å². The normalized spacial score (nSPS) is 19.6. The number of likely N-dealkylation sites (tertiary alicyclic amines) is 1. The van der Waals surface area contributed by atoms with E-state index in [0.717, 1.165) is 25.8 Å². The predicted octanol–water partition coefficient (Wildman–Crippen LogP) is 2.42. The Balaban J connectivity index is 2.21. The van der Waals surface area contributed by atoms with E-state index in [1.54, 1.807) is 0 Å². The molecule has 1 aromatic rings. The molecule has 0 spiro atoms. The van der Waals surface area contributed by atoms with Crippen molar-refractivity contribution < 1.29 is 9.18 Å². The molecule has 1 atom stereocenters. The Labute approximate surface area is 100 Å². The summed E-state index contributed by atoms with van der Waals surface area (Å²) < 4.78 is 13.0. The molecular weight excluding hydrogens is 219 g/mol. The molecule has 1 heterocycles. The highest BCUT2D eigenvalue weighted by atomic mass is 19.1. The van der Waals surface area contributed by atoms with Gasteiger partial charge in [-0.2, -0.15) is 0 Å². The molecule has 92 valence electrons. The van der Waals surface area contributed by atoms with Crippen LogP contribution in [0.3, 0.4) is 0 Å². The van der Waals surface area contributed by atoms with Crippen molar-refractivity contribution in [1.82, 2.24) is 4.90 Å². The van der Waals surface area contributed by atoms with Crippen LogP contribution in [-0.2, 0) is 0 Å². The lowest BCUT2D eigenvalue weighted by Gasteiger charge is -2.23. The van der Waals surface area contributed by atoms with Gasteiger partial charge in [-0.25, -0.2) is 4.39 Å². The molecule has 4 heteroatoms. The fourth-order valence-electron chi connectivity index (χ4n) is 2.37. The van der Waals surface area contributed by atoms with Gasteiger partial charge >= 0.3 is 0 Å². The summed E-state index contributed by atoms with van der Waals surface area (Å²) in [6.45, 7) is 2.86. The number of carbonyl (C=O) groups excluding carboxylic acids is 1. The Morgan fingerprint density at radius 1 is 1.59 bits per heavy atom. The number of benzene rings is 1. The lowest BCUT2D eigenvalue weighted by Crippen LogP contribution is -2.35.